The average molecular weight is 271 g/mol. The molecule has 2 N–H and O–H groups in total. The van der Waals surface area contributed by atoms with Gasteiger partial charge in [-0.2, -0.15) is 0 Å². The van der Waals surface area contributed by atoms with Crippen LogP contribution in [0.5, 0.6) is 0 Å². The van der Waals surface area contributed by atoms with Gasteiger partial charge >= 0.3 is 0 Å². The Kier molecular flexibility index (Phi) is 2.77. The van der Waals surface area contributed by atoms with E-state index in [1.165, 1.54) is 12.1 Å². The van der Waals surface area contributed by atoms with Gasteiger partial charge in [0.05, 0.1) is 4.90 Å². The molecule has 0 fully saturated rings. The second kappa shape index (κ2) is 3.33. The third-order valence-corrected chi connectivity index (χ3v) is 2.73. The molecule has 0 bridgehead atoms. The van der Waals surface area contributed by atoms with E-state index in [-0.39, 0.29) is 4.90 Å². The standard InChI is InChI=1S/C6H5BrClNO2S/c7-4-1-5(8)3-6(2-4)12(9,10)11/h1-3H,(H2,9,10,11). The zero-order chi connectivity index (χ0) is 9.35. The first kappa shape index (κ1) is 9.98. The summed E-state index contributed by atoms with van der Waals surface area (Å²) < 4.78 is 22.3. The van der Waals surface area contributed by atoms with Gasteiger partial charge in [0.2, 0.25) is 10.0 Å². The summed E-state index contributed by atoms with van der Waals surface area (Å²) in [5.41, 5.74) is 0. The van der Waals surface area contributed by atoms with E-state index in [2.05, 4.69) is 15.9 Å². The van der Waals surface area contributed by atoms with Crippen molar-refractivity contribution in [2.75, 3.05) is 0 Å². The van der Waals surface area contributed by atoms with Crippen LogP contribution in [0.15, 0.2) is 27.6 Å². The molecule has 66 valence electrons. The second-order valence-electron chi connectivity index (χ2n) is 2.15. The SMILES string of the molecule is NS(=O)(=O)c1cc(Cl)cc(Br)c1. The molecule has 3 nitrogen and oxygen atoms in total. The lowest BCUT2D eigenvalue weighted by molar-refractivity contribution is 0.598. The first-order chi connectivity index (χ1) is 5.39. The summed E-state index contributed by atoms with van der Waals surface area (Å²) in [6, 6.07) is 4.26. The minimum Gasteiger partial charge on any atom is -0.225 e. The predicted molar refractivity (Wildman–Crippen MR) is 50.5 cm³/mol. The molecule has 0 aliphatic rings. The first-order valence-electron chi connectivity index (χ1n) is 2.88. The van der Waals surface area contributed by atoms with Crippen LogP contribution in [0.3, 0.4) is 0 Å². The highest BCUT2D eigenvalue weighted by Crippen LogP contribution is 2.21. The van der Waals surface area contributed by atoms with Gasteiger partial charge in [-0.15, -0.1) is 0 Å². The smallest absolute Gasteiger partial charge is 0.225 e. The molecule has 0 atom stereocenters. The fourth-order valence-electron chi connectivity index (χ4n) is 0.693. The van der Waals surface area contributed by atoms with Crippen molar-refractivity contribution in [1.29, 1.82) is 0 Å². The van der Waals surface area contributed by atoms with E-state index in [9.17, 15) is 8.42 Å². The molecule has 0 spiro atoms. The number of rotatable bonds is 1. The largest absolute Gasteiger partial charge is 0.238 e. The van der Waals surface area contributed by atoms with Crippen molar-refractivity contribution in [3.05, 3.63) is 27.7 Å². The number of benzene rings is 1. The van der Waals surface area contributed by atoms with Crippen LogP contribution < -0.4 is 5.14 Å². The molecule has 6 heteroatoms. The summed E-state index contributed by atoms with van der Waals surface area (Å²) in [4.78, 5) is 0.00174. The van der Waals surface area contributed by atoms with Crippen LogP contribution in [0.4, 0.5) is 0 Å². The molecule has 1 rings (SSSR count). The maximum absolute atomic E-state index is 10.8. The van der Waals surface area contributed by atoms with Gasteiger partial charge < -0.3 is 0 Å². The lowest BCUT2D eigenvalue weighted by Gasteiger charge is -1.99. The molecule has 1 aromatic rings. The normalized spacial score (nSPS) is 11.6. The Bertz CT molecular complexity index is 384. The number of primary sulfonamides is 1. The number of sulfonamides is 1. The fourth-order valence-corrected chi connectivity index (χ4v) is 2.35. The van der Waals surface area contributed by atoms with E-state index in [0.29, 0.717) is 9.50 Å². The van der Waals surface area contributed by atoms with Crippen LogP contribution in [0.1, 0.15) is 0 Å². The summed E-state index contributed by atoms with van der Waals surface area (Å²) in [6.45, 7) is 0. The molecule has 0 radical (unpaired) electrons. The molecule has 0 unspecified atom stereocenters. The van der Waals surface area contributed by atoms with Crippen molar-refractivity contribution in [2.24, 2.45) is 5.14 Å². The Labute approximate surface area is 83.7 Å². The summed E-state index contributed by atoms with van der Waals surface area (Å²) in [7, 11) is -3.66. The molecule has 0 aromatic heterocycles. The maximum atomic E-state index is 10.8. The highest BCUT2D eigenvalue weighted by atomic mass is 79.9. The quantitative estimate of drug-likeness (QED) is 0.845. The van der Waals surface area contributed by atoms with E-state index in [0.717, 1.165) is 0 Å². The lowest BCUT2D eigenvalue weighted by atomic mass is 10.4. The van der Waals surface area contributed by atoms with Gasteiger partial charge in [-0.3, -0.25) is 0 Å². The molecular weight excluding hydrogens is 265 g/mol. The molecule has 0 aliphatic heterocycles. The van der Waals surface area contributed by atoms with Crippen LogP contribution >= 0.6 is 27.5 Å². The molecule has 0 aliphatic carbocycles. The molecule has 12 heavy (non-hydrogen) atoms. The van der Waals surface area contributed by atoms with E-state index < -0.39 is 10.0 Å². The van der Waals surface area contributed by atoms with Crippen LogP contribution in [-0.4, -0.2) is 8.42 Å². The lowest BCUT2D eigenvalue weighted by Crippen LogP contribution is -2.11. The van der Waals surface area contributed by atoms with E-state index >= 15 is 0 Å². The van der Waals surface area contributed by atoms with Crippen LogP contribution in [0, 0.1) is 0 Å². The molecule has 0 heterocycles. The van der Waals surface area contributed by atoms with Crippen molar-refractivity contribution < 1.29 is 8.42 Å². The maximum Gasteiger partial charge on any atom is 0.238 e. The van der Waals surface area contributed by atoms with Crippen LogP contribution in [0.2, 0.25) is 5.02 Å². The van der Waals surface area contributed by atoms with Gasteiger partial charge in [0.1, 0.15) is 0 Å². The number of hydrogen-bond donors (Lipinski definition) is 1. The number of halogens is 2. The van der Waals surface area contributed by atoms with Crippen LogP contribution in [-0.2, 0) is 10.0 Å². The van der Waals surface area contributed by atoms with E-state index in [1.54, 1.807) is 6.07 Å². The first-order valence-corrected chi connectivity index (χ1v) is 5.60. The third kappa shape index (κ3) is 2.45. The minimum absolute atomic E-state index is 0.00174. The Morgan fingerprint density at radius 1 is 1.33 bits per heavy atom. The summed E-state index contributed by atoms with van der Waals surface area (Å²) in [5.74, 6) is 0. The molecular formula is C6H5BrClNO2S. The van der Waals surface area contributed by atoms with Crippen LogP contribution in [0.25, 0.3) is 0 Å². The summed E-state index contributed by atoms with van der Waals surface area (Å²) in [5, 5.41) is 5.21. The van der Waals surface area contributed by atoms with E-state index in [1.807, 2.05) is 0 Å². The summed E-state index contributed by atoms with van der Waals surface area (Å²) >= 11 is 8.71. The Morgan fingerprint density at radius 3 is 2.33 bits per heavy atom. The van der Waals surface area contributed by atoms with Gasteiger partial charge in [-0.25, -0.2) is 13.6 Å². The highest BCUT2D eigenvalue weighted by molar-refractivity contribution is 9.10. The molecule has 0 saturated heterocycles. The Hall–Kier alpha value is -0.100. The number of hydrogen-bond acceptors (Lipinski definition) is 2. The van der Waals surface area contributed by atoms with Crippen molar-refractivity contribution >= 4 is 37.6 Å². The zero-order valence-electron chi connectivity index (χ0n) is 5.79. The van der Waals surface area contributed by atoms with Crippen molar-refractivity contribution in [2.45, 2.75) is 4.90 Å². The average Bonchev–Trinajstić information content (AvgIpc) is 1.82. The van der Waals surface area contributed by atoms with E-state index in [4.69, 9.17) is 16.7 Å². The van der Waals surface area contributed by atoms with Crippen molar-refractivity contribution in [3.8, 4) is 0 Å². The Morgan fingerprint density at radius 2 is 1.92 bits per heavy atom. The summed E-state index contributed by atoms with van der Waals surface area (Å²) in [6.07, 6.45) is 0. The molecule has 0 saturated carbocycles. The van der Waals surface area contributed by atoms with Gasteiger partial charge in [0.25, 0.3) is 0 Å². The van der Waals surface area contributed by atoms with Gasteiger partial charge in [-0.1, -0.05) is 27.5 Å². The highest BCUT2D eigenvalue weighted by Gasteiger charge is 2.08. The monoisotopic (exact) mass is 269 g/mol. The second-order valence-corrected chi connectivity index (χ2v) is 5.06. The van der Waals surface area contributed by atoms with Crippen molar-refractivity contribution in [3.63, 3.8) is 0 Å². The van der Waals surface area contributed by atoms with Crippen molar-refractivity contribution in [1.82, 2.24) is 0 Å². The fraction of sp³-hybridized carbons (Fsp3) is 0. The molecule has 1 aromatic carbocycles. The number of nitrogens with two attached hydrogens (primary N) is 1. The molecule has 0 amide bonds. The topological polar surface area (TPSA) is 60.2 Å². The zero-order valence-corrected chi connectivity index (χ0v) is 8.95. The predicted octanol–water partition coefficient (Wildman–Crippen LogP) is 1.75. The van der Waals surface area contributed by atoms with Gasteiger partial charge in [0, 0.05) is 9.50 Å². The van der Waals surface area contributed by atoms with Gasteiger partial charge in [0.15, 0.2) is 0 Å². The van der Waals surface area contributed by atoms with Gasteiger partial charge in [-0.05, 0) is 18.2 Å². The third-order valence-electron chi connectivity index (χ3n) is 1.16. The Balaban J connectivity index is 3.37. The minimum atomic E-state index is -3.66.